The van der Waals surface area contributed by atoms with E-state index in [1.54, 1.807) is 18.3 Å². The van der Waals surface area contributed by atoms with Gasteiger partial charge >= 0.3 is 0 Å². The Balaban J connectivity index is 1.64. The van der Waals surface area contributed by atoms with Crippen molar-refractivity contribution in [1.82, 2.24) is 0 Å². The van der Waals surface area contributed by atoms with Crippen LogP contribution in [-0.2, 0) is 6.61 Å². The molecule has 0 aromatic heterocycles. The van der Waals surface area contributed by atoms with Crippen LogP contribution in [0.3, 0.4) is 0 Å². The van der Waals surface area contributed by atoms with E-state index in [0.717, 1.165) is 21.5 Å². The smallest absolute Gasteiger partial charge is 0.124 e. The van der Waals surface area contributed by atoms with Gasteiger partial charge in [-0.05, 0) is 48.0 Å². The molecule has 0 bridgehead atoms. The van der Waals surface area contributed by atoms with Gasteiger partial charge in [-0.2, -0.15) is 0 Å². The Kier molecular flexibility index (Phi) is 5.29. The molecule has 0 radical (unpaired) electrons. The van der Waals surface area contributed by atoms with Gasteiger partial charge in [0.25, 0.3) is 0 Å². The first kappa shape index (κ1) is 16.3. The van der Waals surface area contributed by atoms with Crippen LogP contribution in [0.25, 0.3) is 0 Å². The highest BCUT2D eigenvalue weighted by molar-refractivity contribution is 9.10. The van der Waals surface area contributed by atoms with Gasteiger partial charge in [-0.15, -0.1) is 0 Å². The van der Waals surface area contributed by atoms with Crippen LogP contribution in [0, 0.1) is 0 Å². The molecular weight excluding hydrogens is 366 g/mol. The molecule has 0 fully saturated rings. The first-order valence-corrected chi connectivity index (χ1v) is 8.29. The molecular formula is C20H16BrNO2. The largest absolute Gasteiger partial charge is 0.507 e. The summed E-state index contributed by atoms with van der Waals surface area (Å²) in [5.74, 6) is 0.993. The van der Waals surface area contributed by atoms with Gasteiger partial charge in [0.05, 0.1) is 5.69 Å². The van der Waals surface area contributed by atoms with E-state index in [-0.39, 0.29) is 5.75 Å². The van der Waals surface area contributed by atoms with E-state index in [0.29, 0.717) is 12.2 Å². The van der Waals surface area contributed by atoms with Crippen molar-refractivity contribution < 1.29 is 9.84 Å². The van der Waals surface area contributed by atoms with Crippen molar-refractivity contribution in [3.05, 3.63) is 88.4 Å². The van der Waals surface area contributed by atoms with Crippen molar-refractivity contribution in [2.45, 2.75) is 6.61 Å². The molecule has 0 amide bonds. The van der Waals surface area contributed by atoms with Crippen molar-refractivity contribution >= 4 is 27.8 Å². The van der Waals surface area contributed by atoms with E-state index in [2.05, 4.69) is 20.9 Å². The third kappa shape index (κ3) is 4.46. The minimum atomic E-state index is 0.199. The second-order valence-corrected chi connectivity index (χ2v) is 6.15. The number of aromatic hydroxyl groups is 1. The van der Waals surface area contributed by atoms with Gasteiger partial charge in [-0.25, -0.2) is 0 Å². The van der Waals surface area contributed by atoms with Gasteiger partial charge < -0.3 is 9.84 Å². The van der Waals surface area contributed by atoms with E-state index in [9.17, 15) is 5.11 Å². The number of hydrogen-bond acceptors (Lipinski definition) is 3. The molecule has 1 N–H and O–H groups in total. The molecule has 24 heavy (non-hydrogen) atoms. The Bertz CT molecular complexity index is 830. The summed E-state index contributed by atoms with van der Waals surface area (Å²) < 4.78 is 6.64. The first-order chi connectivity index (χ1) is 11.7. The fourth-order valence-corrected chi connectivity index (χ4v) is 2.52. The van der Waals surface area contributed by atoms with Crippen LogP contribution >= 0.6 is 15.9 Å². The van der Waals surface area contributed by atoms with Crippen LogP contribution in [0.2, 0.25) is 0 Å². The van der Waals surface area contributed by atoms with Gasteiger partial charge in [-0.1, -0.05) is 46.3 Å². The van der Waals surface area contributed by atoms with Crippen molar-refractivity contribution in [3.8, 4) is 11.5 Å². The average molecular weight is 382 g/mol. The SMILES string of the molecule is Oc1ccc(Br)cc1C=Nc1ccc(OCc2ccccc2)cc1. The zero-order valence-electron chi connectivity index (χ0n) is 12.9. The van der Waals surface area contributed by atoms with Crippen LogP contribution in [0.5, 0.6) is 11.5 Å². The zero-order chi connectivity index (χ0) is 16.8. The summed E-state index contributed by atoms with van der Waals surface area (Å²) in [7, 11) is 0. The fourth-order valence-electron chi connectivity index (χ4n) is 2.14. The summed E-state index contributed by atoms with van der Waals surface area (Å²) in [5.41, 5.74) is 2.58. The van der Waals surface area contributed by atoms with Crippen LogP contribution in [0.4, 0.5) is 5.69 Å². The van der Waals surface area contributed by atoms with Crippen molar-refractivity contribution in [2.75, 3.05) is 0 Å². The predicted octanol–water partition coefficient (Wildman–Crippen LogP) is 5.48. The highest BCUT2D eigenvalue weighted by Crippen LogP contribution is 2.22. The molecule has 3 rings (SSSR count). The molecule has 0 saturated heterocycles. The maximum absolute atomic E-state index is 9.80. The van der Waals surface area contributed by atoms with E-state index in [4.69, 9.17) is 4.74 Å². The van der Waals surface area contributed by atoms with Crippen LogP contribution < -0.4 is 4.74 Å². The topological polar surface area (TPSA) is 41.8 Å². The van der Waals surface area contributed by atoms with Gasteiger partial charge in [0.15, 0.2) is 0 Å². The van der Waals surface area contributed by atoms with Crippen molar-refractivity contribution in [2.24, 2.45) is 4.99 Å². The molecule has 4 heteroatoms. The number of ether oxygens (including phenoxy) is 1. The lowest BCUT2D eigenvalue weighted by atomic mass is 10.2. The summed E-state index contributed by atoms with van der Waals surface area (Å²) >= 11 is 3.38. The molecule has 0 aliphatic rings. The Morgan fingerprint density at radius 2 is 1.71 bits per heavy atom. The average Bonchev–Trinajstić information content (AvgIpc) is 2.62. The second kappa shape index (κ2) is 7.79. The molecule has 0 aliphatic heterocycles. The van der Waals surface area contributed by atoms with Crippen LogP contribution in [0.15, 0.2) is 82.3 Å². The Morgan fingerprint density at radius 3 is 2.46 bits per heavy atom. The monoisotopic (exact) mass is 381 g/mol. The standard InChI is InChI=1S/C20H16BrNO2/c21-17-6-11-20(23)16(12-17)13-22-18-7-9-19(10-8-18)24-14-15-4-2-1-3-5-15/h1-13,23H,14H2. The predicted molar refractivity (Wildman–Crippen MR) is 100 cm³/mol. The van der Waals surface area contributed by atoms with Gasteiger partial charge in [0.2, 0.25) is 0 Å². The number of benzene rings is 3. The summed E-state index contributed by atoms with van der Waals surface area (Å²) in [6.45, 7) is 0.537. The zero-order valence-corrected chi connectivity index (χ0v) is 14.5. The molecule has 0 atom stereocenters. The summed E-state index contributed by atoms with van der Waals surface area (Å²) in [5, 5.41) is 9.80. The van der Waals surface area contributed by atoms with E-state index in [1.807, 2.05) is 60.7 Å². The number of phenolic OH excluding ortho intramolecular Hbond substituents is 1. The highest BCUT2D eigenvalue weighted by Gasteiger charge is 1.99. The lowest BCUT2D eigenvalue weighted by Crippen LogP contribution is -1.94. The Labute approximate surface area is 149 Å². The molecule has 3 nitrogen and oxygen atoms in total. The molecule has 0 unspecified atom stereocenters. The normalized spacial score (nSPS) is 10.9. The van der Waals surface area contributed by atoms with E-state index >= 15 is 0 Å². The molecule has 3 aromatic rings. The van der Waals surface area contributed by atoms with E-state index in [1.165, 1.54) is 0 Å². The third-order valence-corrected chi connectivity index (χ3v) is 3.92. The highest BCUT2D eigenvalue weighted by atomic mass is 79.9. The van der Waals surface area contributed by atoms with E-state index < -0.39 is 0 Å². The quantitative estimate of drug-likeness (QED) is 0.594. The Morgan fingerprint density at radius 1 is 0.958 bits per heavy atom. The number of halogens is 1. The summed E-state index contributed by atoms with van der Waals surface area (Å²) in [4.78, 5) is 4.38. The second-order valence-electron chi connectivity index (χ2n) is 5.23. The van der Waals surface area contributed by atoms with Gasteiger partial charge in [-0.3, -0.25) is 4.99 Å². The van der Waals surface area contributed by atoms with Gasteiger partial charge in [0.1, 0.15) is 18.1 Å². The minimum absolute atomic E-state index is 0.199. The third-order valence-electron chi connectivity index (χ3n) is 3.43. The first-order valence-electron chi connectivity index (χ1n) is 7.50. The number of nitrogens with zero attached hydrogens (tertiary/aromatic N) is 1. The number of phenols is 1. The number of aliphatic imine (C=N–C) groups is 1. The van der Waals surface area contributed by atoms with Crippen molar-refractivity contribution in [3.63, 3.8) is 0 Å². The van der Waals surface area contributed by atoms with Crippen LogP contribution in [0.1, 0.15) is 11.1 Å². The van der Waals surface area contributed by atoms with Gasteiger partial charge in [0, 0.05) is 16.3 Å². The summed E-state index contributed by atoms with van der Waals surface area (Å²) in [6, 6.07) is 22.8. The molecule has 0 aliphatic carbocycles. The maximum Gasteiger partial charge on any atom is 0.124 e. The molecule has 3 aromatic carbocycles. The molecule has 0 saturated carbocycles. The molecule has 0 heterocycles. The number of rotatable bonds is 5. The fraction of sp³-hybridized carbons (Fsp3) is 0.0500. The number of hydrogen-bond donors (Lipinski definition) is 1. The lowest BCUT2D eigenvalue weighted by molar-refractivity contribution is 0.306. The Hall–Kier alpha value is -2.59. The van der Waals surface area contributed by atoms with Crippen molar-refractivity contribution in [1.29, 1.82) is 0 Å². The lowest BCUT2D eigenvalue weighted by Gasteiger charge is -2.06. The molecule has 0 spiro atoms. The minimum Gasteiger partial charge on any atom is -0.507 e. The summed E-state index contributed by atoms with van der Waals surface area (Å²) in [6.07, 6.45) is 1.64. The maximum atomic E-state index is 9.80. The van der Waals surface area contributed by atoms with Crippen LogP contribution in [-0.4, -0.2) is 11.3 Å². The molecule has 120 valence electrons.